The fourth-order valence-corrected chi connectivity index (χ4v) is 1.54. The van der Waals surface area contributed by atoms with Crippen LogP contribution in [0.5, 0.6) is 0 Å². The number of hydrogen-bond donors (Lipinski definition) is 1. The van der Waals surface area contributed by atoms with E-state index in [2.05, 4.69) is 39.8 Å². The highest BCUT2D eigenvalue weighted by Crippen LogP contribution is 2.16. The summed E-state index contributed by atoms with van der Waals surface area (Å²) in [7, 11) is 0. The van der Waals surface area contributed by atoms with Crippen molar-refractivity contribution in [1.29, 1.82) is 0 Å². The number of allylic oxidation sites excluding steroid dienone is 2. The Morgan fingerprint density at radius 2 is 1.79 bits per heavy atom. The second-order valence-corrected chi connectivity index (χ2v) is 4.41. The summed E-state index contributed by atoms with van der Waals surface area (Å²) in [5, 5.41) is 0. The van der Waals surface area contributed by atoms with Crippen LogP contribution in [0.1, 0.15) is 47.0 Å². The van der Waals surface area contributed by atoms with E-state index in [1.54, 1.807) is 0 Å². The van der Waals surface area contributed by atoms with E-state index in [4.69, 9.17) is 5.73 Å². The molecule has 2 N–H and O–H groups in total. The maximum Gasteiger partial charge on any atom is -0.00460 e. The largest absolute Gasteiger partial charge is 0.330 e. The molecular formula is C13H27N. The summed E-state index contributed by atoms with van der Waals surface area (Å²) in [6.07, 6.45) is 8.59. The Balaban J connectivity index is 3.98. The zero-order valence-corrected chi connectivity index (χ0v) is 10.3. The van der Waals surface area contributed by atoms with Crippen molar-refractivity contribution in [3.05, 3.63) is 12.2 Å². The first-order valence-corrected chi connectivity index (χ1v) is 6.04. The monoisotopic (exact) mass is 197 g/mol. The van der Waals surface area contributed by atoms with Gasteiger partial charge >= 0.3 is 0 Å². The van der Waals surface area contributed by atoms with Gasteiger partial charge in [0.15, 0.2) is 0 Å². The van der Waals surface area contributed by atoms with Crippen LogP contribution in [0.4, 0.5) is 0 Å². The van der Waals surface area contributed by atoms with Crippen LogP contribution in [-0.2, 0) is 0 Å². The van der Waals surface area contributed by atoms with E-state index in [9.17, 15) is 0 Å². The molecule has 0 spiro atoms. The van der Waals surface area contributed by atoms with Gasteiger partial charge in [-0.1, -0.05) is 46.3 Å². The lowest BCUT2D eigenvalue weighted by Crippen LogP contribution is -2.17. The molecular weight excluding hydrogens is 170 g/mol. The third-order valence-corrected chi connectivity index (χ3v) is 3.14. The second kappa shape index (κ2) is 8.05. The smallest absolute Gasteiger partial charge is 0.00460 e. The summed E-state index contributed by atoms with van der Waals surface area (Å²) in [5.41, 5.74) is 5.64. The van der Waals surface area contributed by atoms with Crippen molar-refractivity contribution >= 4 is 0 Å². The van der Waals surface area contributed by atoms with Gasteiger partial charge in [0.25, 0.3) is 0 Å². The van der Waals surface area contributed by atoms with Crippen LogP contribution in [-0.4, -0.2) is 6.54 Å². The molecule has 1 unspecified atom stereocenters. The molecule has 0 aliphatic rings. The summed E-state index contributed by atoms with van der Waals surface area (Å²) in [5.74, 6) is 1.99. The molecule has 0 aliphatic carbocycles. The number of rotatable bonds is 7. The van der Waals surface area contributed by atoms with Gasteiger partial charge in [-0.25, -0.2) is 0 Å². The molecule has 0 heterocycles. The van der Waals surface area contributed by atoms with E-state index in [1.807, 2.05) is 0 Å². The van der Waals surface area contributed by atoms with Gasteiger partial charge in [0.1, 0.15) is 0 Å². The lowest BCUT2D eigenvalue weighted by atomic mass is 9.92. The minimum Gasteiger partial charge on any atom is -0.330 e. The first kappa shape index (κ1) is 13.7. The fraction of sp³-hybridized carbons (Fsp3) is 0.846. The average Bonchev–Trinajstić information content (AvgIpc) is 2.22. The lowest BCUT2D eigenvalue weighted by molar-refractivity contribution is 0.464. The predicted molar refractivity (Wildman–Crippen MR) is 65.2 cm³/mol. The number of hydrogen-bond acceptors (Lipinski definition) is 1. The Morgan fingerprint density at radius 1 is 1.14 bits per heavy atom. The Bertz CT molecular complexity index is 147. The van der Waals surface area contributed by atoms with E-state index >= 15 is 0 Å². The molecule has 0 bridgehead atoms. The molecule has 0 radical (unpaired) electrons. The Kier molecular flexibility index (Phi) is 7.87. The van der Waals surface area contributed by atoms with Crippen LogP contribution in [0.2, 0.25) is 0 Å². The highest BCUT2D eigenvalue weighted by Gasteiger charge is 2.07. The van der Waals surface area contributed by atoms with Crippen LogP contribution in [0.3, 0.4) is 0 Å². The maximum absolute atomic E-state index is 5.64. The molecule has 0 fully saturated rings. The van der Waals surface area contributed by atoms with Crippen molar-refractivity contribution in [3.63, 3.8) is 0 Å². The van der Waals surface area contributed by atoms with Crippen molar-refractivity contribution in [2.24, 2.45) is 23.5 Å². The van der Waals surface area contributed by atoms with Gasteiger partial charge in [0.05, 0.1) is 0 Å². The van der Waals surface area contributed by atoms with Gasteiger partial charge in [0, 0.05) is 0 Å². The molecule has 14 heavy (non-hydrogen) atoms. The average molecular weight is 197 g/mol. The van der Waals surface area contributed by atoms with E-state index in [1.165, 1.54) is 19.3 Å². The molecule has 1 heteroatoms. The molecule has 0 aromatic rings. The summed E-state index contributed by atoms with van der Waals surface area (Å²) in [6, 6.07) is 0. The van der Waals surface area contributed by atoms with Crippen LogP contribution in [0.15, 0.2) is 12.2 Å². The Labute approximate surface area is 89.8 Å². The van der Waals surface area contributed by atoms with Crippen molar-refractivity contribution in [2.75, 3.05) is 6.54 Å². The van der Waals surface area contributed by atoms with Crippen LogP contribution >= 0.6 is 0 Å². The fourth-order valence-electron chi connectivity index (χ4n) is 1.54. The molecule has 3 atom stereocenters. The zero-order chi connectivity index (χ0) is 11.0. The quantitative estimate of drug-likeness (QED) is 0.620. The first-order chi connectivity index (χ1) is 6.65. The topological polar surface area (TPSA) is 26.0 Å². The summed E-state index contributed by atoms with van der Waals surface area (Å²) >= 11 is 0. The van der Waals surface area contributed by atoms with Crippen molar-refractivity contribution in [2.45, 2.75) is 47.0 Å². The predicted octanol–water partition coefficient (Wildman–Crippen LogP) is 3.60. The van der Waals surface area contributed by atoms with Crippen molar-refractivity contribution in [3.8, 4) is 0 Å². The van der Waals surface area contributed by atoms with Crippen molar-refractivity contribution < 1.29 is 0 Å². The highest BCUT2D eigenvalue weighted by molar-refractivity contribution is 4.92. The third-order valence-electron chi connectivity index (χ3n) is 3.14. The molecule has 0 saturated carbocycles. The Morgan fingerprint density at radius 3 is 2.21 bits per heavy atom. The summed E-state index contributed by atoms with van der Waals surface area (Å²) < 4.78 is 0. The molecule has 0 aliphatic heterocycles. The van der Waals surface area contributed by atoms with Crippen LogP contribution < -0.4 is 5.73 Å². The van der Waals surface area contributed by atoms with Gasteiger partial charge < -0.3 is 5.73 Å². The number of nitrogens with two attached hydrogens (primary N) is 1. The summed E-state index contributed by atoms with van der Waals surface area (Å²) in [6.45, 7) is 9.78. The lowest BCUT2D eigenvalue weighted by Gasteiger charge is -2.15. The van der Waals surface area contributed by atoms with Gasteiger partial charge in [-0.2, -0.15) is 0 Å². The second-order valence-electron chi connectivity index (χ2n) is 4.41. The van der Waals surface area contributed by atoms with Crippen LogP contribution in [0.25, 0.3) is 0 Å². The molecule has 0 saturated heterocycles. The molecule has 1 nitrogen and oxygen atoms in total. The molecule has 0 rings (SSSR count). The third kappa shape index (κ3) is 5.43. The first-order valence-electron chi connectivity index (χ1n) is 6.04. The van der Waals surface area contributed by atoms with Gasteiger partial charge in [-0.05, 0) is 37.1 Å². The van der Waals surface area contributed by atoms with Gasteiger partial charge in [-0.3, -0.25) is 0 Å². The molecule has 0 aromatic carbocycles. The van der Waals surface area contributed by atoms with Crippen molar-refractivity contribution in [1.82, 2.24) is 0 Å². The highest BCUT2D eigenvalue weighted by atomic mass is 14.5. The zero-order valence-electron chi connectivity index (χ0n) is 10.3. The molecule has 0 amide bonds. The molecule has 0 aromatic heterocycles. The van der Waals surface area contributed by atoms with Gasteiger partial charge in [0.2, 0.25) is 0 Å². The van der Waals surface area contributed by atoms with Gasteiger partial charge in [-0.15, -0.1) is 0 Å². The maximum atomic E-state index is 5.64. The minimum absolute atomic E-state index is 0.602. The van der Waals surface area contributed by atoms with Crippen LogP contribution in [0, 0.1) is 17.8 Å². The SMILES string of the molecule is CCCC(/C=C/[C@@H](C)[C@H](C)CN)CC. The summed E-state index contributed by atoms with van der Waals surface area (Å²) in [4.78, 5) is 0. The van der Waals surface area contributed by atoms with E-state index in [0.717, 1.165) is 12.5 Å². The van der Waals surface area contributed by atoms with E-state index < -0.39 is 0 Å². The van der Waals surface area contributed by atoms with E-state index in [0.29, 0.717) is 11.8 Å². The standard InChI is InChI=1S/C13H27N/c1-5-7-13(6-2)9-8-11(3)12(4)10-14/h8-9,11-13H,5-7,10,14H2,1-4H3/b9-8+/t11-,12-,13?/m1/s1. The minimum atomic E-state index is 0.602. The molecule has 84 valence electrons. The Hall–Kier alpha value is -0.300. The normalized spacial score (nSPS) is 18.4. The van der Waals surface area contributed by atoms with E-state index in [-0.39, 0.29) is 0 Å².